The molecule has 196 valence electrons. The molecule has 0 aliphatic heterocycles. The number of hydrogen-bond acceptors (Lipinski definition) is 5. The van der Waals surface area contributed by atoms with Crippen molar-refractivity contribution in [1.29, 1.82) is 0 Å². The zero-order valence-corrected chi connectivity index (χ0v) is 23.3. The molecule has 1 unspecified atom stereocenters. The summed E-state index contributed by atoms with van der Waals surface area (Å²) in [7, 11) is -1.02. The van der Waals surface area contributed by atoms with Gasteiger partial charge in [0.2, 0.25) is 11.8 Å². The van der Waals surface area contributed by atoms with E-state index in [9.17, 15) is 18.0 Å². The van der Waals surface area contributed by atoms with Crippen molar-refractivity contribution in [2.45, 2.75) is 30.8 Å². The van der Waals surface area contributed by atoms with E-state index in [-0.39, 0.29) is 17.3 Å². The first kappa shape index (κ1) is 28.2. The molecule has 3 aromatic rings. The van der Waals surface area contributed by atoms with Gasteiger partial charge >= 0.3 is 0 Å². The molecule has 0 spiro atoms. The fraction of sp³-hybridized carbons (Fsp3) is 0.259. The molecule has 2 amide bonds. The van der Waals surface area contributed by atoms with Gasteiger partial charge < -0.3 is 15.0 Å². The van der Waals surface area contributed by atoms with Crippen molar-refractivity contribution in [3.63, 3.8) is 0 Å². The number of anilines is 1. The first-order valence-electron chi connectivity index (χ1n) is 11.7. The van der Waals surface area contributed by atoms with Gasteiger partial charge in [-0.25, -0.2) is 8.42 Å². The van der Waals surface area contributed by atoms with Crippen LogP contribution in [0.1, 0.15) is 18.9 Å². The van der Waals surface area contributed by atoms with E-state index >= 15 is 0 Å². The van der Waals surface area contributed by atoms with Crippen LogP contribution in [0.3, 0.4) is 0 Å². The number of carbonyl (C=O) groups is 2. The molecule has 8 nitrogen and oxygen atoms in total. The summed E-state index contributed by atoms with van der Waals surface area (Å²) in [6, 6.07) is 21.1. The maximum atomic E-state index is 13.8. The number of likely N-dealkylation sites (N-methyl/N-ethyl adjacent to an activating group) is 1. The predicted molar refractivity (Wildman–Crippen MR) is 147 cm³/mol. The number of nitrogens with one attached hydrogen (secondary N) is 1. The fourth-order valence-corrected chi connectivity index (χ4v) is 5.71. The van der Waals surface area contributed by atoms with E-state index in [0.717, 1.165) is 9.87 Å². The van der Waals surface area contributed by atoms with Crippen LogP contribution in [0.15, 0.2) is 88.2 Å². The summed E-state index contributed by atoms with van der Waals surface area (Å²) in [5.74, 6) is -0.176. The lowest BCUT2D eigenvalue weighted by molar-refractivity contribution is -0.140. The molecular weight excluding hydrogens is 558 g/mol. The molecular formula is C27H30BrN3O5S. The largest absolute Gasteiger partial charge is 0.497 e. The van der Waals surface area contributed by atoms with E-state index in [2.05, 4.69) is 21.2 Å². The van der Waals surface area contributed by atoms with Crippen LogP contribution in [0, 0.1) is 0 Å². The molecule has 37 heavy (non-hydrogen) atoms. The van der Waals surface area contributed by atoms with Gasteiger partial charge in [0, 0.05) is 18.1 Å². The molecule has 0 aliphatic carbocycles. The second kappa shape index (κ2) is 12.7. The first-order chi connectivity index (χ1) is 17.7. The van der Waals surface area contributed by atoms with Gasteiger partial charge in [0.05, 0.1) is 17.7 Å². The standard InChI is InChI=1S/C27H30BrN3O5S/c1-4-25(27(33)29-2)30(18-20-13-15-23(36-3)16-14-20)26(32)19-31(22-10-8-9-21(28)17-22)37(34,35)24-11-6-5-7-12-24/h5-17,25H,4,18-19H2,1-3H3,(H,29,33). The van der Waals surface area contributed by atoms with Crippen LogP contribution >= 0.6 is 15.9 Å². The Hall–Kier alpha value is -3.37. The van der Waals surface area contributed by atoms with Crippen LogP contribution in [0.2, 0.25) is 0 Å². The smallest absolute Gasteiger partial charge is 0.264 e. The summed E-state index contributed by atoms with van der Waals surface area (Å²) in [6.45, 7) is 1.44. The summed E-state index contributed by atoms with van der Waals surface area (Å²) in [5, 5.41) is 2.61. The van der Waals surface area contributed by atoms with Gasteiger partial charge in [-0.2, -0.15) is 0 Å². The van der Waals surface area contributed by atoms with Gasteiger partial charge in [-0.05, 0) is 54.4 Å². The number of rotatable bonds is 11. The van der Waals surface area contributed by atoms with E-state index < -0.39 is 28.5 Å². The third kappa shape index (κ3) is 6.90. The molecule has 0 saturated carbocycles. The molecule has 1 atom stereocenters. The van der Waals surface area contributed by atoms with Crippen molar-refractivity contribution < 1.29 is 22.7 Å². The van der Waals surface area contributed by atoms with Crippen LogP contribution in [0.25, 0.3) is 0 Å². The monoisotopic (exact) mass is 587 g/mol. The molecule has 0 saturated heterocycles. The number of hydrogen-bond donors (Lipinski definition) is 1. The van der Waals surface area contributed by atoms with E-state index in [4.69, 9.17) is 4.74 Å². The van der Waals surface area contributed by atoms with Crippen molar-refractivity contribution in [3.05, 3.63) is 88.9 Å². The molecule has 0 heterocycles. The Morgan fingerprint density at radius 3 is 2.24 bits per heavy atom. The van der Waals surface area contributed by atoms with Crippen LogP contribution in [0.4, 0.5) is 5.69 Å². The van der Waals surface area contributed by atoms with E-state index in [0.29, 0.717) is 22.3 Å². The summed E-state index contributed by atoms with van der Waals surface area (Å²) in [6.07, 6.45) is 0.351. The van der Waals surface area contributed by atoms with Gasteiger partial charge in [0.15, 0.2) is 0 Å². The minimum Gasteiger partial charge on any atom is -0.497 e. The molecule has 0 bridgehead atoms. The second-order valence-corrected chi connectivity index (χ2v) is 11.0. The minimum absolute atomic E-state index is 0.0582. The second-order valence-electron chi connectivity index (χ2n) is 8.21. The molecule has 3 aromatic carbocycles. The van der Waals surface area contributed by atoms with Crippen LogP contribution in [-0.4, -0.2) is 51.9 Å². The number of benzene rings is 3. The summed E-state index contributed by atoms with van der Waals surface area (Å²) in [5.41, 5.74) is 1.10. The van der Waals surface area contributed by atoms with Crippen molar-refractivity contribution in [2.75, 3.05) is 25.0 Å². The molecule has 10 heteroatoms. The first-order valence-corrected chi connectivity index (χ1v) is 13.9. The lowest BCUT2D eigenvalue weighted by Crippen LogP contribution is -2.51. The number of methoxy groups -OCH3 is 1. The van der Waals surface area contributed by atoms with Crippen molar-refractivity contribution in [1.82, 2.24) is 10.2 Å². The Morgan fingerprint density at radius 2 is 1.68 bits per heavy atom. The van der Waals surface area contributed by atoms with Gasteiger partial charge in [-0.15, -0.1) is 0 Å². The Balaban J connectivity index is 2.03. The molecule has 0 aliphatic rings. The van der Waals surface area contributed by atoms with Gasteiger partial charge in [0.1, 0.15) is 18.3 Å². The van der Waals surface area contributed by atoms with Gasteiger partial charge in [-0.1, -0.05) is 59.3 Å². The van der Waals surface area contributed by atoms with Crippen LogP contribution in [0.5, 0.6) is 5.75 Å². The minimum atomic E-state index is -4.09. The quantitative estimate of drug-likeness (QED) is 0.362. The zero-order valence-electron chi connectivity index (χ0n) is 20.9. The fourth-order valence-electron chi connectivity index (χ4n) is 3.89. The van der Waals surface area contributed by atoms with Crippen LogP contribution < -0.4 is 14.4 Å². The number of amides is 2. The van der Waals surface area contributed by atoms with Gasteiger partial charge in [-0.3, -0.25) is 13.9 Å². The average molecular weight is 589 g/mol. The highest BCUT2D eigenvalue weighted by Gasteiger charge is 2.33. The highest BCUT2D eigenvalue weighted by molar-refractivity contribution is 9.10. The zero-order chi connectivity index (χ0) is 27.0. The van der Waals surface area contributed by atoms with Gasteiger partial charge in [0.25, 0.3) is 10.0 Å². The van der Waals surface area contributed by atoms with Crippen molar-refractivity contribution >= 4 is 43.5 Å². The maximum Gasteiger partial charge on any atom is 0.264 e. The Labute approximate surface area is 226 Å². The number of carbonyl (C=O) groups excluding carboxylic acids is 2. The summed E-state index contributed by atoms with van der Waals surface area (Å²) < 4.78 is 34.4. The van der Waals surface area contributed by atoms with E-state index in [1.807, 2.05) is 12.1 Å². The maximum absolute atomic E-state index is 13.8. The molecule has 0 radical (unpaired) electrons. The average Bonchev–Trinajstić information content (AvgIpc) is 2.92. The number of nitrogens with zero attached hydrogens (tertiary/aromatic N) is 2. The lowest BCUT2D eigenvalue weighted by Gasteiger charge is -2.33. The third-order valence-electron chi connectivity index (χ3n) is 5.85. The molecule has 0 aromatic heterocycles. The van der Waals surface area contributed by atoms with Crippen LogP contribution in [-0.2, 0) is 26.2 Å². The third-order valence-corrected chi connectivity index (χ3v) is 8.13. The van der Waals surface area contributed by atoms with Crippen molar-refractivity contribution in [3.8, 4) is 5.75 Å². The Bertz CT molecular complexity index is 1320. The van der Waals surface area contributed by atoms with E-state index in [1.54, 1.807) is 68.6 Å². The molecule has 3 rings (SSSR count). The normalized spacial score (nSPS) is 11.9. The highest BCUT2D eigenvalue weighted by Crippen LogP contribution is 2.27. The Kier molecular flexibility index (Phi) is 9.71. The Morgan fingerprint density at radius 1 is 1.00 bits per heavy atom. The summed E-state index contributed by atoms with van der Waals surface area (Å²) >= 11 is 3.39. The number of sulfonamides is 1. The topological polar surface area (TPSA) is 96.0 Å². The SMILES string of the molecule is CCC(C(=O)NC)N(Cc1ccc(OC)cc1)C(=O)CN(c1cccc(Br)c1)S(=O)(=O)c1ccccc1. The van der Waals surface area contributed by atoms with Crippen molar-refractivity contribution in [2.24, 2.45) is 0 Å². The number of ether oxygens (including phenoxy) is 1. The molecule has 0 fully saturated rings. The molecule has 1 N–H and O–H groups in total. The highest BCUT2D eigenvalue weighted by atomic mass is 79.9. The van der Waals surface area contributed by atoms with E-state index in [1.165, 1.54) is 24.1 Å². The number of halogens is 1. The summed E-state index contributed by atoms with van der Waals surface area (Å²) in [4.78, 5) is 28.1. The predicted octanol–water partition coefficient (Wildman–Crippen LogP) is 4.21. The lowest BCUT2D eigenvalue weighted by atomic mass is 10.1.